The van der Waals surface area contributed by atoms with Crippen LogP contribution in [0.5, 0.6) is 0 Å². The molecule has 2 N–H and O–H groups in total. The molecule has 2 heterocycles. The quantitative estimate of drug-likeness (QED) is 0.696. The van der Waals surface area contributed by atoms with Crippen LogP contribution in [-0.2, 0) is 11.3 Å². The number of carbonyl (C=O) groups is 1. The third-order valence-corrected chi connectivity index (χ3v) is 2.48. The van der Waals surface area contributed by atoms with E-state index in [9.17, 15) is 4.79 Å². The molecule has 14 heavy (non-hydrogen) atoms. The number of hydrogen-bond acceptors (Lipinski definition) is 3. The Morgan fingerprint density at radius 2 is 2.64 bits per heavy atom. The van der Waals surface area contributed by atoms with Gasteiger partial charge in [0.15, 0.2) is 0 Å². The van der Waals surface area contributed by atoms with E-state index in [-0.39, 0.29) is 11.9 Å². The summed E-state index contributed by atoms with van der Waals surface area (Å²) < 4.78 is 0. The van der Waals surface area contributed by atoms with Crippen molar-refractivity contribution in [2.75, 3.05) is 13.6 Å². The molecule has 1 fully saturated rings. The summed E-state index contributed by atoms with van der Waals surface area (Å²) in [5.41, 5.74) is 1.05. The number of hydrogen-bond donors (Lipinski definition) is 2. The maximum atomic E-state index is 11.2. The lowest BCUT2D eigenvalue weighted by Gasteiger charge is -2.11. The topological polar surface area (TPSA) is 61.0 Å². The normalized spacial score (nSPS) is 21.9. The molecule has 0 radical (unpaired) electrons. The van der Waals surface area contributed by atoms with E-state index in [4.69, 9.17) is 0 Å². The van der Waals surface area contributed by atoms with Crippen LogP contribution in [0.2, 0.25) is 0 Å². The van der Waals surface area contributed by atoms with E-state index in [1.807, 2.05) is 7.05 Å². The molecule has 0 aliphatic carbocycles. The van der Waals surface area contributed by atoms with Gasteiger partial charge in [0.1, 0.15) is 0 Å². The van der Waals surface area contributed by atoms with E-state index in [1.165, 1.54) is 0 Å². The van der Waals surface area contributed by atoms with Gasteiger partial charge in [0.05, 0.1) is 6.33 Å². The van der Waals surface area contributed by atoms with Crippen molar-refractivity contribution >= 4 is 5.91 Å². The van der Waals surface area contributed by atoms with Crippen LogP contribution in [0.4, 0.5) is 0 Å². The summed E-state index contributed by atoms with van der Waals surface area (Å²) in [6.07, 6.45) is 4.04. The molecule has 1 saturated heterocycles. The summed E-state index contributed by atoms with van der Waals surface area (Å²) in [4.78, 5) is 19.9. The van der Waals surface area contributed by atoms with E-state index < -0.39 is 0 Å². The first kappa shape index (κ1) is 9.21. The first-order valence-electron chi connectivity index (χ1n) is 4.70. The van der Waals surface area contributed by atoms with Crippen LogP contribution in [0.15, 0.2) is 12.5 Å². The maximum absolute atomic E-state index is 11.2. The van der Waals surface area contributed by atoms with Gasteiger partial charge < -0.3 is 15.2 Å². The smallest absolute Gasteiger partial charge is 0.224 e. The molecule has 5 nitrogen and oxygen atoms in total. The number of likely N-dealkylation sites (tertiary alicyclic amines) is 1. The van der Waals surface area contributed by atoms with Crippen LogP contribution in [0.25, 0.3) is 0 Å². The molecule has 1 aromatic heterocycles. The Labute approximate surface area is 82.5 Å². The van der Waals surface area contributed by atoms with Crippen molar-refractivity contribution < 1.29 is 4.79 Å². The summed E-state index contributed by atoms with van der Waals surface area (Å²) in [5, 5.41) is 3.31. The molecule has 1 unspecified atom stereocenters. The molecule has 1 aliphatic heterocycles. The molecule has 0 aromatic carbocycles. The highest BCUT2D eigenvalue weighted by Gasteiger charge is 2.25. The lowest BCUT2D eigenvalue weighted by Crippen LogP contribution is -2.31. The Bertz CT molecular complexity index is 309. The van der Waals surface area contributed by atoms with Crippen LogP contribution in [0.3, 0.4) is 0 Å². The minimum atomic E-state index is 0.215. The zero-order valence-electron chi connectivity index (χ0n) is 8.16. The van der Waals surface area contributed by atoms with Crippen LogP contribution in [0.1, 0.15) is 12.1 Å². The predicted molar refractivity (Wildman–Crippen MR) is 51.5 cm³/mol. The summed E-state index contributed by atoms with van der Waals surface area (Å²) in [7, 11) is 1.83. The molecule has 1 aliphatic rings. The van der Waals surface area contributed by atoms with Crippen LogP contribution in [0, 0.1) is 0 Å². The van der Waals surface area contributed by atoms with Gasteiger partial charge >= 0.3 is 0 Å². The number of nitrogens with zero attached hydrogens (tertiary/aromatic N) is 2. The lowest BCUT2D eigenvalue weighted by atomic mass is 10.2. The number of carbonyl (C=O) groups excluding carboxylic acids is 1. The molecule has 76 valence electrons. The molecule has 2 rings (SSSR count). The number of rotatable bonds is 3. The number of imidazole rings is 1. The average Bonchev–Trinajstić information content (AvgIpc) is 2.74. The maximum Gasteiger partial charge on any atom is 0.224 e. The highest BCUT2D eigenvalue weighted by atomic mass is 16.2. The second kappa shape index (κ2) is 3.79. The molecule has 0 spiro atoms. The van der Waals surface area contributed by atoms with Crippen molar-refractivity contribution in [3.8, 4) is 0 Å². The number of nitrogens with one attached hydrogen (secondary N) is 2. The zero-order valence-corrected chi connectivity index (χ0v) is 8.16. The molecular weight excluding hydrogens is 180 g/mol. The molecule has 1 atom stereocenters. The molecule has 0 saturated carbocycles. The Kier molecular flexibility index (Phi) is 2.49. The van der Waals surface area contributed by atoms with Gasteiger partial charge in [-0.2, -0.15) is 0 Å². The van der Waals surface area contributed by atoms with Gasteiger partial charge in [-0.15, -0.1) is 0 Å². The fraction of sp³-hybridized carbons (Fsp3) is 0.556. The minimum absolute atomic E-state index is 0.215. The van der Waals surface area contributed by atoms with Crippen molar-refractivity contribution in [1.29, 1.82) is 0 Å². The first-order valence-corrected chi connectivity index (χ1v) is 4.70. The van der Waals surface area contributed by atoms with Gasteiger partial charge in [-0.25, -0.2) is 4.98 Å². The number of aromatic amines is 1. The van der Waals surface area contributed by atoms with Gasteiger partial charge in [0.2, 0.25) is 5.91 Å². The van der Waals surface area contributed by atoms with Crippen LogP contribution in [-0.4, -0.2) is 40.4 Å². The minimum Gasteiger partial charge on any atom is -0.347 e. The molecule has 1 amide bonds. The molecule has 5 heteroatoms. The Balaban J connectivity index is 1.80. The molecule has 1 aromatic rings. The highest BCUT2D eigenvalue weighted by Crippen LogP contribution is 2.08. The third kappa shape index (κ3) is 1.93. The van der Waals surface area contributed by atoms with Crippen molar-refractivity contribution in [3.63, 3.8) is 0 Å². The van der Waals surface area contributed by atoms with E-state index >= 15 is 0 Å². The lowest BCUT2D eigenvalue weighted by molar-refractivity contribution is -0.126. The van der Waals surface area contributed by atoms with Crippen molar-refractivity contribution in [1.82, 2.24) is 20.2 Å². The number of H-pyrrole nitrogens is 1. The van der Waals surface area contributed by atoms with Gasteiger partial charge in [-0.3, -0.25) is 4.79 Å². The van der Waals surface area contributed by atoms with Crippen LogP contribution >= 0.6 is 0 Å². The van der Waals surface area contributed by atoms with Gasteiger partial charge in [-0.05, 0) is 0 Å². The Morgan fingerprint density at radius 1 is 1.79 bits per heavy atom. The second-order valence-electron chi connectivity index (χ2n) is 3.63. The first-order chi connectivity index (χ1) is 6.75. The number of amides is 1. The van der Waals surface area contributed by atoms with E-state index in [1.54, 1.807) is 17.4 Å². The van der Waals surface area contributed by atoms with Crippen molar-refractivity contribution in [2.24, 2.45) is 0 Å². The average molecular weight is 194 g/mol. The zero-order chi connectivity index (χ0) is 9.97. The Morgan fingerprint density at radius 3 is 3.21 bits per heavy atom. The van der Waals surface area contributed by atoms with Crippen LogP contribution < -0.4 is 5.32 Å². The van der Waals surface area contributed by atoms with E-state index in [0.717, 1.165) is 18.8 Å². The standard InChI is InChI=1S/C9H14N4O/c1-13-5-7(2-9(13)14)11-4-8-3-10-6-12-8/h3,6-7,11H,2,4-5H2,1H3,(H,10,12). The number of likely N-dealkylation sites (N-methyl/N-ethyl adjacent to an activating group) is 1. The SMILES string of the molecule is CN1CC(NCc2cnc[nH]2)CC1=O. The van der Waals surface area contributed by atoms with Gasteiger partial charge in [0, 0.05) is 44.5 Å². The number of aromatic nitrogens is 2. The summed E-state index contributed by atoms with van der Waals surface area (Å²) in [6, 6.07) is 0.274. The van der Waals surface area contributed by atoms with Crippen molar-refractivity contribution in [3.05, 3.63) is 18.2 Å². The summed E-state index contributed by atoms with van der Waals surface area (Å²) >= 11 is 0. The molecular formula is C9H14N4O. The third-order valence-electron chi connectivity index (χ3n) is 2.48. The van der Waals surface area contributed by atoms with E-state index in [0.29, 0.717) is 6.42 Å². The second-order valence-corrected chi connectivity index (χ2v) is 3.63. The fourth-order valence-electron chi connectivity index (χ4n) is 1.64. The fourth-order valence-corrected chi connectivity index (χ4v) is 1.64. The summed E-state index contributed by atoms with van der Waals surface area (Å²) in [6.45, 7) is 1.54. The largest absolute Gasteiger partial charge is 0.347 e. The van der Waals surface area contributed by atoms with E-state index in [2.05, 4.69) is 15.3 Å². The van der Waals surface area contributed by atoms with Gasteiger partial charge in [0.25, 0.3) is 0 Å². The Hall–Kier alpha value is -1.36. The molecule has 0 bridgehead atoms. The summed E-state index contributed by atoms with van der Waals surface area (Å²) in [5.74, 6) is 0.215. The van der Waals surface area contributed by atoms with Gasteiger partial charge in [-0.1, -0.05) is 0 Å². The van der Waals surface area contributed by atoms with Crippen molar-refractivity contribution in [2.45, 2.75) is 19.0 Å². The monoisotopic (exact) mass is 194 g/mol. The predicted octanol–water partition coefficient (Wildman–Crippen LogP) is -0.270. The highest BCUT2D eigenvalue weighted by molar-refractivity contribution is 5.78.